The average molecular weight is 256 g/mol. The lowest BCUT2D eigenvalue weighted by atomic mass is 10.1. The molecule has 0 radical (unpaired) electrons. The smallest absolute Gasteiger partial charge is 0.262 e. The van der Waals surface area contributed by atoms with E-state index in [2.05, 4.69) is 10.2 Å². The molecule has 5 nitrogen and oxygen atoms in total. The first-order valence-electron chi connectivity index (χ1n) is 6.40. The van der Waals surface area contributed by atoms with Crippen LogP contribution in [0.25, 0.3) is 21.8 Å². The number of fused-ring (bicyclic) bond motifs is 3. The van der Waals surface area contributed by atoms with E-state index in [9.17, 15) is 4.79 Å². The third-order valence-electron chi connectivity index (χ3n) is 3.44. The van der Waals surface area contributed by atoms with E-state index in [1.807, 2.05) is 31.2 Å². The summed E-state index contributed by atoms with van der Waals surface area (Å²) in [5, 5.41) is 8.85. The molecule has 0 aliphatic carbocycles. The molecule has 19 heavy (non-hydrogen) atoms. The van der Waals surface area contributed by atoms with Gasteiger partial charge in [0.1, 0.15) is 5.52 Å². The van der Waals surface area contributed by atoms with Crippen molar-refractivity contribution in [3.05, 3.63) is 40.3 Å². The van der Waals surface area contributed by atoms with Gasteiger partial charge < -0.3 is 10.3 Å². The maximum Gasteiger partial charge on any atom is 0.262 e. The molecule has 98 valence electrons. The molecule has 0 spiro atoms. The number of pyridine rings is 1. The Labute approximate surface area is 110 Å². The van der Waals surface area contributed by atoms with Crippen LogP contribution in [-0.2, 0) is 6.54 Å². The van der Waals surface area contributed by atoms with Gasteiger partial charge in [-0.2, -0.15) is 5.10 Å². The average Bonchev–Trinajstić information content (AvgIpc) is 2.81. The molecule has 0 bridgehead atoms. The Bertz CT molecular complexity index is 800. The number of H-pyrrole nitrogens is 1. The zero-order chi connectivity index (χ0) is 13.4. The number of hydrogen-bond donors (Lipinski definition) is 2. The molecule has 0 fully saturated rings. The zero-order valence-corrected chi connectivity index (χ0v) is 10.8. The summed E-state index contributed by atoms with van der Waals surface area (Å²) in [5.41, 5.74) is 8.05. The first-order chi connectivity index (χ1) is 9.24. The number of para-hydroxylation sites is 1. The predicted octanol–water partition coefficient (Wildman–Crippen LogP) is 1.54. The van der Waals surface area contributed by atoms with Gasteiger partial charge in [0.25, 0.3) is 5.56 Å². The van der Waals surface area contributed by atoms with Crippen molar-refractivity contribution in [1.29, 1.82) is 0 Å². The number of hydrogen-bond acceptors (Lipinski definition) is 3. The van der Waals surface area contributed by atoms with E-state index in [0.717, 1.165) is 28.5 Å². The first-order valence-corrected chi connectivity index (χ1v) is 6.40. The monoisotopic (exact) mass is 256 g/mol. The second-order valence-electron chi connectivity index (χ2n) is 4.69. The minimum absolute atomic E-state index is 0.00778. The number of aromatic amines is 1. The minimum atomic E-state index is 0.00778. The van der Waals surface area contributed by atoms with Gasteiger partial charge in [-0.3, -0.25) is 9.89 Å². The summed E-state index contributed by atoms with van der Waals surface area (Å²) in [6.45, 7) is 3.08. The number of nitrogens with zero attached hydrogens (tertiary/aromatic N) is 2. The fraction of sp³-hybridized carbons (Fsp3) is 0.286. The number of rotatable bonds is 3. The van der Waals surface area contributed by atoms with E-state index in [1.54, 1.807) is 4.57 Å². The number of aromatic nitrogens is 3. The van der Waals surface area contributed by atoms with Crippen LogP contribution in [0.4, 0.5) is 0 Å². The molecule has 0 saturated heterocycles. The molecule has 5 heteroatoms. The Kier molecular flexibility index (Phi) is 2.83. The number of nitrogens with one attached hydrogen (secondary N) is 1. The lowest BCUT2D eigenvalue weighted by Gasteiger charge is -2.10. The van der Waals surface area contributed by atoms with Crippen molar-refractivity contribution in [1.82, 2.24) is 14.8 Å². The third kappa shape index (κ3) is 1.74. The maximum atomic E-state index is 12.6. The van der Waals surface area contributed by atoms with E-state index in [1.165, 1.54) is 0 Å². The molecule has 2 heterocycles. The Hall–Kier alpha value is -2.14. The summed E-state index contributed by atoms with van der Waals surface area (Å²) in [5.74, 6) is 0. The number of benzene rings is 1. The van der Waals surface area contributed by atoms with Gasteiger partial charge in [-0.1, -0.05) is 18.2 Å². The zero-order valence-electron chi connectivity index (χ0n) is 10.8. The second-order valence-corrected chi connectivity index (χ2v) is 4.69. The lowest BCUT2D eigenvalue weighted by molar-refractivity contribution is 0.654. The molecule has 0 unspecified atom stereocenters. The van der Waals surface area contributed by atoms with Gasteiger partial charge in [0.15, 0.2) is 0 Å². The highest BCUT2D eigenvalue weighted by atomic mass is 16.1. The van der Waals surface area contributed by atoms with Crippen molar-refractivity contribution >= 4 is 21.8 Å². The molecular weight excluding hydrogens is 240 g/mol. The van der Waals surface area contributed by atoms with Gasteiger partial charge in [0.05, 0.1) is 10.9 Å². The van der Waals surface area contributed by atoms with Gasteiger partial charge in [-0.25, -0.2) is 0 Å². The van der Waals surface area contributed by atoms with Crippen LogP contribution in [0.1, 0.15) is 12.1 Å². The second kappa shape index (κ2) is 4.51. The van der Waals surface area contributed by atoms with Gasteiger partial charge in [-0.05, 0) is 26.0 Å². The van der Waals surface area contributed by atoms with Crippen LogP contribution in [0.2, 0.25) is 0 Å². The highest BCUT2D eigenvalue weighted by Gasteiger charge is 2.14. The predicted molar refractivity (Wildman–Crippen MR) is 76.3 cm³/mol. The largest absolute Gasteiger partial charge is 0.330 e. The van der Waals surface area contributed by atoms with Crippen LogP contribution in [0, 0.1) is 6.92 Å². The summed E-state index contributed by atoms with van der Waals surface area (Å²) in [6, 6.07) is 7.85. The maximum absolute atomic E-state index is 12.6. The molecule has 0 saturated carbocycles. The summed E-state index contributed by atoms with van der Waals surface area (Å²) in [4.78, 5) is 12.6. The molecule has 1 aromatic carbocycles. The van der Waals surface area contributed by atoms with Crippen LogP contribution in [-0.4, -0.2) is 21.3 Å². The van der Waals surface area contributed by atoms with Gasteiger partial charge in [0.2, 0.25) is 0 Å². The number of aryl methyl sites for hydroxylation is 2. The summed E-state index contributed by atoms with van der Waals surface area (Å²) in [6.07, 6.45) is 0.784. The quantitative estimate of drug-likeness (QED) is 0.746. The molecule has 3 aromatic rings. The molecule has 0 atom stereocenters. The SMILES string of the molecule is Cc1[nH]nc2c1c(=O)n(CCCN)c1ccccc21. The van der Waals surface area contributed by atoms with Crippen molar-refractivity contribution < 1.29 is 0 Å². The normalized spacial score (nSPS) is 11.5. The Morgan fingerprint density at radius 2 is 2.16 bits per heavy atom. The molecule has 2 aromatic heterocycles. The van der Waals surface area contributed by atoms with E-state index in [0.29, 0.717) is 18.5 Å². The Balaban J connectivity index is 2.46. The lowest BCUT2D eigenvalue weighted by Crippen LogP contribution is -2.22. The van der Waals surface area contributed by atoms with Crippen LogP contribution >= 0.6 is 0 Å². The van der Waals surface area contributed by atoms with Crippen molar-refractivity contribution in [3.63, 3.8) is 0 Å². The molecule has 0 aliphatic rings. The van der Waals surface area contributed by atoms with Crippen LogP contribution in [0.15, 0.2) is 29.1 Å². The van der Waals surface area contributed by atoms with Crippen LogP contribution in [0.3, 0.4) is 0 Å². The van der Waals surface area contributed by atoms with Gasteiger partial charge in [-0.15, -0.1) is 0 Å². The highest BCUT2D eigenvalue weighted by Crippen LogP contribution is 2.22. The van der Waals surface area contributed by atoms with Crippen molar-refractivity contribution in [2.45, 2.75) is 19.9 Å². The van der Waals surface area contributed by atoms with Crippen molar-refractivity contribution in [3.8, 4) is 0 Å². The summed E-state index contributed by atoms with van der Waals surface area (Å²) < 4.78 is 1.80. The van der Waals surface area contributed by atoms with E-state index in [-0.39, 0.29) is 5.56 Å². The van der Waals surface area contributed by atoms with Crippen LogP contribution in [0.5, 0.6) is 0 Å². The fourth-order valence-corrected chi connectivity index (χ4v) is 2.51. The highest BCUT2D eigenvalue weighted by molar-refractivity contribution is 6.03. The van der Waals surface area contributed by atoms with Crippen molar-refractivity contribution in [2.75, 3.05) is 6.54 Å². The topological polar surface area (TPSA) is 76.7 Å². The summed E-state index contributed by atoms with van der Waals surface area (Å²) in [7, 11) is 0. The van der Waals surface area contributed by atoms with E-state index in [4.69, 9.17) is 5.73 Å². The van der Waals surface area contributed by atoms with E-state index < -0.39 is 0 Å². The van der Waals surface area contributed by atoms with Crippen LogP contribution < -0.4 is 11.3 Å². The Morgan fingerprint density at radius 1 is 1.37 bits per heavy atom. The van der Waals surface area contributed by atoms with Gasteiger partial charge in [0, 0.05) is 17.6 Å². The molecule has 0 amide bonds. The Morgan fingerprint density at radius 3 is 2.95 bits per heavy atom. The van der Waals surface area contributed by atoms with E-state index >= 15 is 0 Å². The van der Waals surface area contributed by atoms with Gasteiger partial charge >= 0.3 is 0 Å². The standard InChI is InChI=1S/C14H16N4O/c1-9-12-13(17-16-9)10-5-2-3-6-11(10)18(14(12)19)8-4-7-15/h2-3,5-6H,4,7-8,15H2,1H3,(H,16,17). The molecule has 0 aliphatic heterocycles. The molecule has 3 rings (SSSR count). The third-order valence-corrected chi connectivity index (χ3v) is 3.44. The summed E-state index contributed by atoms with van der Waals surface area (Å²) >= 11 is 0. The van der Waals surface area contributed by atoms with Crippen molar-refractivity contribution in [2.24, 2.45) is 5.73 Å². The first kappa shape index (κ1) is 11.9. The minimum Gasteiger partial charge on any atom is -0.330 e. The molecular formula is C14H16N4O. The molecule has 3 N–H and O–H groups in total. The number of nitrogens with two attached hydrogens (primary N) is 1. The fourth-order valence-electron chi connectivity index (χ4n) is 2.51.